The van der Waals surface area contributed by atoms with Crippen LogP contribution in [0.4, 0.5) is 13.2 Å². The van der Waals surface area contributed by atoms with E-state index < -0.39 is 35.0 Å². The molecule has 234 valence electrons. The van der Waals surface area contributed by atoms with Gasteiger partial charge < -0.3 is 9.47 Å². The van der Waals surface area contributed by atoms with Crippen LogP contribution in [0.5, 0.6) is 5.75 Å². The number of nitrogens with zero attached hydrogens (tertiary/aromatic N) is 2. The maximum Gasteiger partial charge on any atom is 0.434 e. The van der Waals surface area contributed by atoms with E-state index in [2.05, 4.69) is 50.2 Å². The van der Waals surface area contributed by atoms with E-state index in [9.17, 15) is 22.8 Å². The molecule has 0 amide bonds. The highest BCUT2D eigenvalue weighted by molar-refractivity contribution is 14.1. The molecule has 3 aromatic carbocycles. The van der Waals surface area contributed by atoms with Crippen molar-refractivity contribution in [1.82, 2.24) is 4.57 Å². The molecule has 2 heterocycles. The Bertz CT molecular complexity index is 2030. The molecule has 1 atom stereocenters. The van der Waals surface area contributed by atoms with Crippen molar-refractivity contribution in [2.45, 2.75) is 25.7 Å². The van der Waals surface area contributed by atoms with Gasteiger partial charge in [-0.3, -0.25) is 9.36 Å². The molecule has 0 saturated carbocycles. The molecule has 4 aromatic rings. The maximum atomic E-state index is 14.4. The van der Waals surface area contributed by atoms with Crippen LogP contribution in [0.3, 0.4) is 0 Å². The van der Waals surface area contributed by atoms with Gasteiger partial charge in [0, 0.05) is 14.2 Å². The van der Waals surface area contributed by atoms with E-state index in [0.717, 1.165) is 28.6 Å². The zero-order chi connectivity index (χ0) is 32.6. The summed E-state index contributed by atoms with van der Waals surface area (Å²) < 4.78 is 57.1. The minimum Gasteiger partial charge on any atom is -0.487 e. The first kappa shape index (κ1) is 34.2. The number of rotatable bonds is 7. The zero-order valence-electron chi connectivity index (χ0n) is 22.7. The summed E-state index contributed by atoms with van der Waals surface area (Å²) in [4.78, 5) is 30.6. The van der Waals surface area contributed by atoms with E-state index in [0.29, 0.717) is 26.4 Å². The average Bonchev–Trinajstić information content (AvgIpc) is 3.28. The van der Waals surface area contributed by atoms with Crippen LogP contribution in [0, 0.1) is 7.14 Å². The molecule has 45 heavy (non-hydrogen) atoms. The highest BCUT2D eigenvalue weighted by Gasteiger charge is 2.45. The second-order valence-electron chi connectivity index (χ2n) is 9.46. The van der Waals surface area contributed by atoms with Crippen LogP contribution in [-0.4, -0.2) is 23.3 Å². The third-order valence-electron chi connectivity index (χ3n) is 6.47. The Morgan fingerprint density at radius 2 is 1.78 bits per heavy atom. The van der Waals surface area contributed by atoms with Gasteiger partial charge in [-0.25, -0.2) is 9.79 Å². The highest BCUT2D eigenvalue weighted by atomic mass is 127. The molecule has 6 nitrogen and oxygen atoms in total. The summed E-state index contributed by atoms with van der Waals surface area (Å²) in [6, 6.07) is 13.1. The zero-order valence-corrected chi connectivity index (χ0v) is 30.1. The Hall–Kier alpha value is -2.11. The lowest BCUT2D eigenvalue weighted by atomic mass is 9.95. The molecular formula is C30H18Cl3F3I2N2O4S. The van der Waals surface area contributed by atoms with Crippen molar-refractivity contribution in [3.63, 3.8) is 0 Å². The second-order valence-corrected chi connectivity index (χ2v) is 14.1. The van der Waals surface area contributed by atoms with Crippen LogP contribution in [0.15, 0.2) is 75.7 Å². The van der Waals surface area contributed by atoms with E-state index in [-0.39, 0.29) is 28.1 Å². The first-order valence-electron chi connectivity index (χ1n) is 12.9. The number of fused-ring (bicyclic) bond motifs is 1. The Morgan fingerprint density at radius 3 is 2.42 bits per heavy atom. The lowest BCUT2D eigenvalue weighted by molar-refractivity contribution is -0.140. The molecule has 15 heteroatoms. The molecule has 0 fully saturated rings. The number of carbonyl (C=O) groups is 1. The summed E-state index contributed by atoms with van der Waals surface area (Å²) in [5, 5.41) is 1.09. The maximum absolute atomic E-state index is 14.4. The monoisotopic (exact) mass is 918 g/mol. The Morgan fingerprint density at radius 1 is 1.07 bits per heavy atom. The van der Waals surface area contributed by atoms with E-state index in [1.165, 1.54) is 31.2 Å². The van der Waals surface area contributed by atoms with Crippen LogP contribution in [-0.2, 0) is 16.1 Å². The summed E-state index contributed by atoms with van der Waals surface area (Å²) in [7, 11) is 0. The van der Waals surface area contributed by atoms with Crippen LogP contribution in [0.1, 0.15) is 29.7 Å². The van der Waals surface area contributed by atoms with E-state index in [1.54, 1.807) is 30.3 Å². The lowest BCUT2D eigenvalue weighted by Gasteiger charge is -2.26. The molecule has 0 saturated heterocycles. The molecule has 0 spiro atoms. The van der Waals surface area contributed by atoms with Gasteiger partial charge in [-0.2, -0.15) is 13.2 Å². The van der Waals surface area contributed by atoms with Gasteiger partial charge in [-0.15, -0.1) is 0 Å². The van der Waals surface area contributed by atoms with E-state index in [1.807, 2.05) is 6.07 Å². The third kappa shape index (κ3) is 7.40. The normalized spacial score (nSPS) is 15.1. The van der Waals surface area contributed by atoms with Gasteiger partial charge in [0.25, 0.3) is 5.56 Å². The van der Waals surface area contributed by atoms with Gasteiger partial charge in [0.1, 0.15) is 12.4 Å². The van der Waals surface area contributed by atoms with Gasteiger partial charge >= 0.3 is 12.1 Å². The van der Waals surface area contributed by atoms with Crippen LogP contribution in [0.2, 0.25) is 15.1 Å². The number of aromatic nitrogens is 1. The predicted octanol–water partition coefficient (Wildman–Crippen LogP) is 8.09. The minimum atomic E-state index is -5.01. The topological polar surface area (TPSA) is 69.9 Å². The van der Waals surface area contributed by atoms with Crippen molar-refractivity contribution in [1.29, 1.82) is 0 Å². The number of thiazole rings is 1. The number of carbonyl (C=O) groups excluding carboxylic acids is 1. The number of hydrogen-bond acceptors (Lipinski definition) is 6. The highest BCUT2D eigenvalue weighted by Crippen LogP contribution is 2.38. The van der Waals surface area contributed by atoms with Crippen molar-refractivity contribution >= 4 is 103 Å². The number of halogens is 8. The van der Waals surface area contributed by atoms with Crippen LogP contribution >= 0.6 is 91.3 Å². The molecule has 5 rings (SSSR count). The van der Waals surface area contributed by atoms with E-state index >= 15 is 0 Å². The largest absolute Gasteiger partial charge is 0.487 e. The van der Waals surface area contributed by atoms with Gasteiger partial charge in [-0.05, 0) is 106 Å². The molecule has 0 N–H and O–H groups in total. The number of hydrogen-bond donors (Lipinski definition) is 0. The molecule has 0 aliphatic carbocycles. The standard InChI is InChI=1S/C30H18Cl3F3I2N2O4S/c1-2-43-28(42)23-24(15-4-6-17(31)7-5-15)40-27(41)22(45-29(40)39-26(23)30(34,35)36)11-16-10-18(37)12-21(38)25(16)44-13-14-3-8-19(32)20(33)9-14/h3-12,24H,2,13H2,1H3/b22-11-/t24-/m1/s1. The summed E-state index contributed by atoms with van der Waals surface area (Å²) in [6.45, 7) is 1.42. The fraction of sp³-hybridized carbons (Fsp3) is 0.167. The summed E-state index contributed by atoms with van der Waals surface area (Å²) in [6.07, 6.45) is -3.47. The number of esters is 1. The fourth-order valence-corrected chi connectivity index (χ4v) is 8.05. The van der Waals surface area contributed by atoms with E-state index in [4.69, 9.17) is 44.3 Å². The summed E-state index contributed by atoms with van der Waals surface area (Å²) in [5.74, 6) is -0.779. The molecular weight excluding hydrogens is 902 g/mol. The van der Waals surface area contributed by atoms with Crippen molar-refractivity contribution in [2.24, 2.45) is 4.99 Å². The smallest absolute Gasteiger partial charge is 0.434 e. The Labute approximate surface area is 300 Å². The number of allylic oxidation sites excluding steroid dienone is 1. The quantitative estimate of drug-likeness (QED) is 0.139. The van der Waals surface area contributed by atoms with Gasteiger partial charge in [0.2, 0.25) is 0 Å². The average molecular weight is 920 g/mol. The molecule has 1 aliphatic heterocycles. The van der Waals surface area contributed by atoms with Crippen molar-refractivity contribution < 1.29 is 27.4 Å². The minimum absolute atomic E-state index is 0.0801. The van der Waals surface area contributed by atoms with Crippen molar-refractivity contribution in [3.8, 4) is 5.75 Å². The number of alkyl halides is 3. The summed E-state index contributed by atoms with van der Waals surface area (Å²) >= 11 is 23.2. The van der Waals surface area contributed by atoms with Crippen molar-refractivity contribution in [3.05, 3.63) is 124 Å². The van der Waals surface area contributed by atoms with Crippen LogP contribution in [0.25, 0.3) is 6.08 Å². The van der Waals surface area contributed by atoms with Crippen molar-refractivity contribution in [2.75, 3.05) is 6.61 Å². The molecule has 0 unspecified atom stereocenters. The van der Waals surface area contributed by atoms with Gasteiger partial charge in [0.15, 0.2) is 10.5 Å². The van der Waals surface area contributed by atoms with Gasteiger partial charge in [0.05, 0.1) is 36.4 Å². The van der Waals surface area contributed by atoms with Gasteiger partial charge in [-0.1, -0.05) is 64.3 Å². The SMILES string of the molecule is CCOC(=O)C1=C(C(F)(F)F)N=c2s/c(=C\c3cc(I)cc(I)c3OCc3ccc(Cl)c(Cl)c3)c(=O)n2[C@@H]1c1ccc(Cl)cc1. The molecule has 1 aliphatic rings. The number of ether oxygens (including phenoxy) is 2. The summed E-state index contributed by atoms with van der Waals surface area (Å²) in [5.41, 5.74) is -1.38. The Balaban J connectivity index is 1.70. The molecule has 0 bridgehead atoms. The predicted molar refractivity (Wildman–Crippen MR) is 185 cm³/mol. The lowest BCUT2D eigenvalue weighted by Crippen LogP contribution is -2.41. The first-order valence-corrected chi connectivity index (χ1v) is 17.0. The Kier molecular flexibility index (Phi) is 10.6. The molecule has 1 aromatic heterocycles. The second kappa shape index (κ2) is 13.9. The number of benzene rings is 3. The molecule has 0 radical (unpaired) electrons. The third-order valence-corrected chi connectivity index (χ3v) is 9.87. The first-order chi connectivity index (χ1) is 21.3. The fourth-order valence-electron chi connectivity index (χ4n) is 4.57. The van der Waals surface area contributed by atoms with Crippen LogP contribution < -0.4 is 19.6 Å².